The van der Waals surface area contributed by atoms with E-state index in [2.05, 4.69) is 34.5 Å². The van der Waals surface area contributed by atoms with Crippen molar-refractivity contribution in [3.8, 4) is 28.1 Å². The van der Waals surface area contributed by atoms with E-state index in [1.807, 2.05) is 30.3 Å². The van der Waals surface area contributed by atoms with Gasteiger partial charge in [0.25, 0.3) is 0 Å². The zero-order chi connectivity index (χ0) is 16.5. The summed E-state index contributed by atoms with van der Waals surface area (Å²) < 4.78 is 0. The van der Waals surface area contributed by atoms with Gasteiger partial charge in [0.15, 0.2) is 0 Å². The number of nitrogens with two attached hydrogens (primary N) is 1. The highest BCUT2D eigenvalue weighted by molar-refractivity contribution is 5.95. The van der Waals surface area contributed by atoms with Crippen LogP contribution in [-0.2, 0) is 6.54 Å². The Morgan fingerprint density at radius 2 is 1.67 bits per heavy atom. The number of benzene rings is 3. The molecule has 4 aromatic rings. The molecule has 118 valence electrons. The molecule has 1 heterocycles. The van der Waals surface area contributed by atoms with Gasteiger partial charge in [0.05, 0.1) is 11.2 Å². The third kappa shape index (κ3) is 2.53. The van der Waals surface area contributed by atoms with E-state index in [4.69, 9.17) is 5.73 Å². The minimum absolute atomic E-state index is 0.267. The Morgan fingerprint density at radius 3 is 2.46 bits per heavy atom. The highest BCUT2D eigenvalue weighted by atomic mass is 16.3. The first-order valence-electron chi connectivity index (χ1n) is 7.81. The second-order valence-electron chi connectivity index (χ2n) is 5.78. The molecule has 0 aliphatic heterocycles. The molecule has 1 aromatic heterocycles. The van der Waals surface area contributed by atoms with E-state index >= 15 is 0 Å². The van der Waals surface area contributed by atoms with Gasteiger partial charge in [-0.15, -0.1) is 0 Å². The van der Waals surface area contributed by atoms with Gasteiger partial charge in [-0.1, -0.05) is 36.4 Å². The normalized spacial score (nSPS) is 11.0. The fourth-order valence-electron chi connectivity index (χ4n) is 2.92. The van der Waals surface area contributed by atoms with E-state index in [1.165, 1.54) is 0 Å². The van der Waals surface area contributed by atoms with Gasteiger partial charge in [0.2, 0.25) is 0 Å². The van der Waals surface area contributed by atoms with Crippen LogP contribution in [0.1, 0.15) is 5.56 Å². The minimum Gasteiger partial charge on any atom is -0.508 e. The molecule has 0 atom stereocenters. The monoisotopic (exact) mass is 315 g/mol. The first-order valence-corrected chi connectivity index (χ1v) is 7.81. The number of phenols is 1. The summed E-state index contributed by atoms with van der Waals surface area (Å²) in [5.74, 6) is 0.267. The molecular weight excluding hydrogens is 298 g/mol. The van der Waals surface area contributed by atoms with E-state index in [-0.39, 0.29) is 5.75 Å². The number of H-pyrrole nitrogens is 1. The van der Waals surface area contributed by atoms with E-state index < -0.39 is 0 Å². The number of nitrogens with zero attached hydrogens (tertiary/aromatic N) is 1. The van der Waals surface area contributed by atoms with Crippen LogP contribution in [0.4, 0.5) is 0 Å². The van der Waals surface area contributed by atoms with Crippen molar-refractivity contribution in [1.82, 2.24) is 10.2 Å². The number of nitrogens with one attached hydrogen (secondary N) is 1. The van der Waals surface area contributed by atoms with Crippen molar-refractivity contribution in [2.24, 2.45) is 5.73 Å². The van der Waals surface area contributed by atoms with Crippen LogP contribution in [0.5, 0.6) is 5.75 Å². The maximum Gasteiger partial charge on any atom is 0.115 e. The summed E-state index contributed by atoms with van der Waals surface area (Å²) in [4.78, 5) is 0. The summed E-state index contributed by atoms with van der Waals surface area (Å²) in [7, 11) is 0. The number of aromatic hydroxyl groups is 1. The summed E-state index contributed by atoms with van der Waals surface area (Å²) in [5.41, 5.74) is 11.9. The first kappa shape index (κ1) is 14.5. The second kappa shape index (κ2) is 5.83. The van der Waals surface area contributed by atoms with Gasteiger partial charge < -0.3 is 10.8 Å². The molecule has 3 aromatic carbocycles. The molecule has 4 heteroatoms. The third-order valence-electron chi connectivity index (χ3n) is 4.20. The standard InChI is InChI=1S/C20H17N3O/c21-12-13-2-1-3-16(10-13)20-18-9-6-15(11-19(18)22-23-20)14-4-7-17(24)8-5-14/h1-11,24H,12,21H2,(H,22,23). The van der Waals surface area contributed by atoms with Crippen molar-refractivity contribution in [2.75, 3.05) is 0 Å². The lowest BCUT2D eigenvalue weighted by Gasteiger charge is -2.04. The van der Waals surface area contributed by atoms with Gasteiger partial charge in [-0.25, -0.2) is 0 Å². The van der Waals surface area contributed by atoms with Crippen LogP contribution < -0.4 is 5.73 Å². The van der Waals surface area contributed by atoms with Gasteiger partial charge in [-0.05, 0) is 47.0 Å². The molecule has 4 nitrogen and oxygen atoms in total. The highest BCUT2D eigenvalue weighted by Gasteiger charge is 2.10. The minimum atomic E-state index is 0.267. The summed E-state index contributed by atoms with van der Waals surface area (Å²) in [5, 5.41) is 18.1. The maximum absolute atomic E-state index is 9.42. The van der Waals surface area contributed by atoms with Gasteiger partial charge in [0.1, 0.15) is 5.75 Å². The van der Waals surface area contributed by atoms with Crippen LogP contribution in [0.25, 0.3) is 33.3 Å². The molecular formula is C20H17N3O. The number of aromatic nitrogens is 2. The average molecular weight is 315 g/mol. The zero-order valence-corrected chi connectivity index (χ0v) is 13.0. The lowest BCUT2D eigenvalue weighted by atomic mass is 10.0. The van der Waals surface area contributed by atoms with Gasteiger partial charge in [-0.3, -0.25) is 5.10 Å². The van der Waals surface area contributed by atoms with Crippen molar-refractivity contribution in [1.29, 1.82) is 0 Å². The molecule has 0 saturated heterocycles. The number of phenolic OH excluding ortho intramolecular Hbond substituents is 1. The average Bonchev–Trinajstić information content (AvgIpc) is 3.05. The zero-order valence-electron chi connectivity index (χ0n) is 13.0. The fourth-order valence-corrected chi connectivity index (χ4v) is 2.92. The Bertz CT molecular complexity index is 1000. The lowest BCUT2D eigenvalue weighted by Crippen LogP contribution is -1.95. The number of hydrogen-bond acceptors (Lipinski definition) is 3. The molecule has 24 heavy (non-hydrogen) atoms. The van der Waals surface area contributed by atoms with Crippen LogP contribution in [0.15, 0.2) is 66.7 Å². The first-order chi connectivity index (χ1) is 11.7. The number of hydrogen-bond donors (Lipinski definition) is 3. The largest absolute Gasteiger partial charge is 0.508 e. The van der Waals surface area contributed by atoms with Crippen LogP contribution >= 0.6 is 0 Å². The van der Waals surface area contributed by atoms with Crippen LogP contribution in [0, 0.1) is 0 Å². The quantitative estimate of drug-likeness (QED) is 0.533. The predicted molar refractivity (Wildman–Crippen MR) is 96.5 cm³/mol. The lowest BCUT2D eigenvalue weighted by molar-refractivity contribution is 0.475. The summed E-state index contributed by atoms with van der Waals surface area (Å²) >= 11 is 0. The Labute approximate surface area is 139 Å². The molecule has 0 bridgehead atoms. The van der Waals surface area contributed by atoms with Crippen molar-refractivity contribution in [3.05, 3.63) is 72.3 Å². The van der Waals surface area contributed by atoms with Gasteiger partial charge in [0, 0.05) is 17.5 Å². The molecule has 0 spiro atoms. The summed E-state index contributed by atoms with van der Waals surface area (Å²) in [6, 6.07) is 21.5. The Morgan fingerprint density at radius 1 is 0.875 bits per heavy atom. The topological polar surface area (TPSA) is 74.9 Å². The van der Waals surface area contributed by atoms with Gasteiger partial charge in [-0.2, -0.15) is 5.10 Å². The summed E-state index contributed by atoms with van der Waals surface area (Å²) in [6.45, 7) is 0.515. The van der Waals surface area contributed by atoms with E-state index in [9.17, 15) is 5.11 Å². The predicted octanol–water partition coefficient (Wildman–Crippen LogP) is 4.06. The molecule has 0 aliphatic rings. The van der Waals surface area contributed by atoms with E-state index in [0.717, 1.165) is 38.9 Å². The third-order valence-corrected chi connectivity index (χ3v) is 4.20. The number of aromatic amines is 1. The van der Waals surface area contributed by atoms with Gasteiger partial charge >= 0.3 is 0 Å². The molecule has 0 unspecified atom stereocenters. The second-order valence-corrected chi connectivity index (χ2v) is 5.78. The van der Waals surface area contributed by atoms with Crippen molar-refractivity contribution in [3.63, 3.8) is 0 Å². The van der Waals surface area contributed by atoms with E-state index in [0.29, 0.717) is 6.54 Å². The Kier molecular flexibility index (Phi) is 3.52. The van der Waals surface area contributed by atoms with Crippen molar-refractivity contribution < 1.29 is 5.11 Å². The molecule has 0 radical (unpaired) electrons. The SMILES string of the molecule is NCc1cccc(-c2n[nH]c3cc(-c4ccc(O)cc4)ccc23)c1. The highest BCUT2D eigenvalue weighted by Crippen LogP contribution is 2.30. The van der Waals surface area contributed by atoms with Crippen LogP contribution in [0.3, 0.4) is 0 Å². The van der Waals surface area contributed by atoms with E-state index in [1.54, 1.807) is 12.1 Å². The van der Waals surface area contributed by atoms with Crippen LogP contribution in [0.2, 0.25) is 0 Å². The maximum atomic E-state index is 9.42. The number of rotatable bonds is 3. The molecule has 0 amide bonds. The molecule has 4 rings (SSSR count). The molecule has 0 aliphatic carbocycles. The van der Waals surface area contributed by atoms with Crippen molar-refractivity contribution in [2.45, 2.75) is 6.54 Å². The smallest absolute Gasteiger partial charge is 0.115 e. The molecule has 0 saturated carbocycles. The van der Waals surface area contributed by atoms with Crippen molar-refractivity contribution >= 4 is 10.9 Å². The Balaban J connectivity index is 1.79. The summed E-state index contributed by atoms with van der Waals surface area (Å²) in [6.07, 6.45) is 0. The number of fused-ring (bicyclic) bond motifs is 1. The molecule has 0 fully saturated rings. The van der Waals surface area contributed by atoms with Crippen LogP contribution in [-0.4, -0.2) is 15.3 Å². The molecule has 4 N–H and O–H groups in total. The Hall–Kier alpha value is -3.11. The fraction of sp³-hybridized carbons (Fsp3) is 0.0500.